The molecule has 1 aromatic rings. The van der Waals surface area contributed by atoms with Gasteiger partial charge in [0.15, 0.2) is 0 Å². The lowest BCUT2D eigenvalue weighted by Crippen LogP contribution is -2.27. The summed E-state index contributed by atoms with van der Waals surface area (Å²) in [6.07, 6.45) is 1.46. The van der Waals surface area contributed by atoms with Crippen molar-refractivity contribution in [3.05, 3.63) is 30.1 Å². The van der Waals surface area contributed by atoms with Crippen molar-refractivity contribution < 1.29 is 5.11 Å². The summed E-state index contributed by atoms with van der Waals surface area (Å²) in [4.78, 5) is 4.21. The van der Waals surface area contributed by atoms with E-state index in [2.05, 4.69) is 10.3 Å². The number of hydrogen-bond acceptors (Lipinski definition) is 3. The minimum atomic E-state index is -0.314. The van der Waals surface area contributed by atoms with Crippen LogP contribution in [-0.4, -0.2) is 22.7 Å². The zero-order valence-electron chi connectivity index (χ0n) is 8.07. The third-order valence-corrected chi connectivity index (χ3v) is 1.85. The van der Waals surface area contributed by atoms with Crippen LogP contribution in [0.2, 0.25) is 0 Å². The van der Waals surface area contributed by atoms with Crippen LogP contribution >= 0.6 is 0 Å². The van der Waals surface area contributed by atoms with Gasteiger partial charge >= 0.3 is 0 Å². The molecule has 0 aliphatic rings. The highest BCUT2D eigenvalue weighted by Gasteiger charge is 2.05. The summed E-state index contributed by atoms with van der Waals surface area (Å²) in [7, 11) is 0. The molecule has 1 aromatic heterocycles. The van der Waals surface area contributed by atoms with E-state index in [1.54, 1.807) is 13.1 Å². The van der Waals surface area contributed by atoms with E-state index in [0.29, 0.717) is 6.54 Å². The first-order valence-corrected chi connectivity index (χ1v) is 4.52. The van der Waals surface area contributed by atoms with E-state index in [9.17, 15) is 0 Å². The molecular weight excluding hydrogens is 164 g/mol. The first kappa shape index (κ1) is 10.2. The zero-order valence-corrected chi connectivity index (χ0v) is 8.07. The van der Waals surface area contributed by atoms with Gasteiger partial charge in [-0.2, -0.15) is 0 Å². The molecule has 0 aliphatic heterocycles. The lowest BCUT2D eigenvalue weighted by atomic mass is 10.2. The summed E-state index contributed by atoms with van der Waals surface area (Å²) in [5.74, 6) is 0. The predicted octanol–water partition coefficient (Wildman–Crippen LogP) is 1.11. The molecule has 0 aliphatic carbocycles. The molecule has 1 heterocycles. The molecule has 2 atom stereocenters. The number of pyridine rings is 1. The summed E-state index contributed by atoms with van der Waals surface area (Å²) >= 11 is 0. The summed E-state index contributed by atoms with van der Waals surface area (Å²) in [5.41, 5.74) is 1.00. The van der Waals surface area contributed by atoms with Gasteiger partial charge in [-0.25, -0.2) is 0 Å². The number of rotatable bonds is 4. The maximum Gasteiger partial charge on any atom is 0.0636 e. The molecule has 0 bridgehead atoms. The van der Waals surface area contributed by atoms with Crippen LogP contribution in [0.15, 0.2) is 24.4 Å². The van der Waals surface area contributed by atoms with Gasteiger partial charge in [0.2, 0.25) is 0 Å². The van der Waals surface area contributed by atoms with Gasteiger partial charge in [0, 0.05) is 18.8 Å². The fourth-order valence-corrected chi connectivity index (χ4v) is 1.08. The molecule has 72 valence electrons. The van der Waals surface area contributed by atoms with Crippen LogP contribution < -0.4 is 5.32 Å². The van der Waals surface area contributed by atoms with E-state index in [4.69, 9.17) is 5.11 Å². The Morgan fingerprint density at radius 3 is 2.77 bits per heavy atom. The standard InChI is InChI=1S/C10H16N2O/c1-8(13)7-12-9(2)10-5-3-4-6-11-10/h3-6,8-9,12-13H,7H2,1-2H3/t8?,9-/m1/s1. The maximum absolute atomic E-state index is 9.07. The molecule has 0 amide bonds. The SMILES string of the molecule is CC(O)CN[C@H](C)c1ccccn1. The molecule has 0 saturated heterocycles. The molecule has 1 unspecified atom stereocenters. The van der Waals surface area contributed by atoms with Crippen LogP contribution in [0.3, 0.4) is 0 Å². The van der Waals surface area contributed by atoms with Gasteiger partial charge < -0.3 is 10.4 Å². The van der Waals surface area contributed by atoms with Crippen molar-refractivity contribution in [2.75, 3.05) is 6.54 Å². The monoisotopic (exact) mass is 180 g/mol. The minimum absolute atomic E-state index is 0.191. The van der Waals surface area contributed by atoms with Crippen LogP contribution in [0.4, 0.5) is 0 Å². The summed E-state index contributed by atoms with van der Waals surface area (Å²) in [6, 6.07) is 6.02. The van der Waals surface area contributed by atoms with Gasteiger partial charge in [0.05, 0.1) is 11.8 Å². The predicted molar refractivity (Wildman–Crippen MR) is 52.3 cm³/mol. The molecule has 2 N–H and O–H groups in total. The average Bonchev–Trinajstić information content (AvgIpc) is 2.15. The lowest BCUT2D eigenvalue weighted by Gasteiger charge is -2.14. The van der Waals surface area contributed by atoms with Crippen molar-refractivity contribution in [1.82, 2.24) is 10.3 Å². The number of aromatic nitrogens is 1. The van der Waals surface area contributed by atoms with Gasteiger partial charge in [-0.15, -0.1) is 0 Å². The molecule has 3 heteroatoms. The van der Waals surface area contributed by atoms with E-state index in [0.717, 1.165) is 5.69 Å². The Balaban J connectivity index is 2.44. The fourth-order valence-electron chi connectivity index (χ4n) is 1.08. The second-order valence-corrected chi connectivity index (χ2v) is 3.23. The van der Waals surface area contributed by atoms with Crippen molar-refractivity contribution in [3.8, 4) is 0 Å². The van der Waals surface area contributed by atoms with Crippen molar-refractivity contribution in [2.45, 2.75) is 26.0 Å². The van der Waals surface area contributed by atoms with Crippen LogP contribution in [0.5, 0.6) is 0 Å². The number of aliphatic hydroxyl groups excluding tert-OH is 1. The lowest BCUT2D eigenvalue weighted by molar-refractivity contribution is 0.187. The molecule has 0 fully saturated rings. The second kappa shape index (κ2) is 4.94. The minimum Gasteiger partial charge on any atom is -0.392 e. The topological polar surface area (TPSA) is 45.1 Å². The molecule has 0 saturated carbocycles. The maximum atomic E-state index is 9.07. The molecule has 0 radical (unpaired) electrons. The van der Waals surface area contributed by atoms with E-state index >= 15 is 0 Å². The van der Waals surface area contributed by atoms with Gasteiger partial charge in [-0.1, -0.05) is 6.07 Å². The third-order valence-electron chi connectivity index (χ3n) is 1.85. The Hall–Kier alpha value is -0.930. The Morgan fingerprint density at radius 2 is 2.23 bits per heavy atom. The van der Waals surface area contributed by atoms with E-state index in [1.165, 1.54) is 0 Å². The van der Waals surface area contributed by atoms with Crippen molar-refractivity contribution in [2.24, 2.45) is 0 Å². The largest absolute Gasteiger partial charge is 0.392 e. The average molecular weight is 180 g/mol. The van der Waals surface area contributed by atoms with E-state index in [-0.39, 0.29) is 12.1 Å². The van der Waals surface area contributed by atoms with Crippen LogP contribution in [0, 0.1) is 0 Å². The summed E-state index contributed by atoms with van der Waals surface area (Å²) in [5, 5.41) is 12.3. The van der Waals surface area contributed by atoms with Crippen LogP contribution in [0.25, 0.3) is 0 Å². The molecule has 13 heavy (non-hydrogen) atoms. The first-order chi connectivity index (χ1) is 6.20. The normalized spacial score (nSPS) is 15.3. The molecule has 1 rings (SSSR count). The Bertz CT molecular complexity index is 236. The molecule has 0 spiro atoms. The van der Waals surface area contributed by atoms with Crippen molar-refractivity contribution in [1.29, 1.82) is 0 Å². The van der Waals surface area contributed by atoms with Crippen LogP contribution in [0.1, 0.15) is 25.6 Å². The third kappa shape index (κ3) is 3.53. The van der Waals surface area contributed by atoms with Gasteiger partial charge in [-0.05, 0) is 26.0 Å². The highest BCUT2D eigenvalue weighted by molar-refractivity contribution is 5.07. The Labute approximate surface area is 78.8 Å². The number of aliphatic hydroxyl groups is 1. The quantitative estimate of drug-likeness (QED) is 0.729. The van der Waals surface area contributed by atoms with E-state index in [1.807, 2.05) is 25.1 Å². The van der Waals surface area contributed by atoms with Crippen molar-refractivity contribution >= 4 is 0 Å². The van der Waals surface area contributed by atoms with Crippen LogP contribution in [-0.2, 0) is 0 Å². The van der Waals surface area contributed by atoms with Gasteiger partial charge in [0.1, 0.15) is 0 Å². The smallest absolute Gasteiger partial charge is 0.0636 e. The van der Waals surface area contributed by atoms with Gasteiger partial charge in [0.25, 0.3) is 0 Å². The van der Waals surface area contributed by atoms with Gasteiger partial charge in [-0.3, -0.25) is 4.98 Å². The van der Waals surface area contributed by atoms with E-state index < -0.39 is 0 Å². The highest BCUT2D eigenvalue weighted by atomic mass is 16.3. The Morgan fingerprint density at radius 1 is 1.46 bits per heavy atom. The molecule has 0 aromatic carbocycles. The van der Waals surface area contributed by atoms with Crippen molar-refractivity contribution in [3.63, 3.8) is 0 Å². The summed E-state index contributed by atoms with van der Waals surface area (Å²) < 4.78 is 0. The number of hydrogen-bond donors (Lipinski definition) is 2. The number of nitrogens with zero attached hydrogens (tertiary/aromatic N) is 1. The summed E-state index contributed by atoms with van der Waals surface area (Å²) in [6.45, 7) is 4.39. The molecular formula is C10H16N2O. The Kier molecular flexibility index (Phi) is 3.86. The second-order valence-electron chi connectivity index (χ2n) is 3.23. The fraction of sp³-hybridized carbons (Fsp3) is 0.500. The molecule has 3 nitrogen and oxygen atoms in total. The highest BCUT2D eigenvalue weighted by Crippen LogP contribution is 2.06. The number of nitrogens with one attached hydrogen (secondary N) is 1. The zero-order chi connectivity index (χ0) is 9.68. The first-order valence-electron chi connectivity index (χ1n) is 4.52.